The van der Waals surface area contributed by atoms with Gasteiger partial charge in [-0.15, -0.1) is 0 Å². The van der Waals surface area contributed by atoms with Gasteiger partial charge in [0.25, 0.3) is 0 Å². The molecule has 0 aromatic carbocycles. The zero-order valence-corrected chi connectivity index (χ0v) is 16.3. The Bertz CT molecular complexity index is 714. The summed E-state index contributed by atoms with van der Waals surface area (Å²) in [6, 6.07) is 0. The van der Waals surface area contributed by atoms with Crippen LogP contribution < -0.4 is 0 Å². The van der Waals surface area contributed by atoms with Gasteiger partial charge < -0.3 is 4.74 Å². The molecule has 2 nitrogen and oxygen atoms in total. The van der Waals surface area contributed by atoms with Gasteiger partial charge in [0.15, 0.2) is 5.78 Å². The van der Waals surface area contributed by atoms with Gasteiger partial charge in [-0.1, -0.05) is 25.5 Å². The molecular formula is C24H32O2. The molecule has 0 saturated heterocycles. The first-order chi connectivity index (χ1) is 12.5. The molecule has 5 aliphatic carbocycles. The fourth-order valence-corrected chi connectivity index (χ4v) is 7.27. The second kappa shape index (κ2) is 5.84. The molecule has 0 radical (unpaired) electrons. The Morgan fingerprint density at radius 2 is 1.96 bits per heavy atom. The van der Waals surface area contributed by atoms with Crippen LogP contribution in [0.3, 0.4) is 0 Å². The SMILES string of the molecule is C[C@@]12CC[C@H]3[C@@H](CCC4=CC(=O)C=C[C@]43C)[C@@H]1CC[C@@H]2OC1=CCCC1. The van der Waals surface area contributed by atoms with Gasteiger partial charge in [0.2, 0.25) is 0 Å². The van der Waals surface area contributed by atoms with Crippen molar-refractivity contribution in [2.45, 2.75) is 77.7 Å². The van der Waals surface area contributed by atoms with Gasteiger partial charge in [-0.3, -0.25) is 4.79 Å². The van der Waals surface area contributed by atoms with Gasteiger partial charge in [0.1, 0.15) is 6.10 Å². The minimum atomic E-state index is 0.116. The Morgan fingerprint density at radius 1 is 1.08 bits per heavy atom. The maximum absolute atomic E-state index is 11.9. The zero-order valence-electron chi connectivity index (χ0n) is 16.3. The van der Waals surface area contributed by atoms with Crippen molar-refractivity contribution in [3.63, 3.8) is 0 Å². The number of carbonyl (C=O) groups excluding carboxylic acids is 1. The van der Waals surface area contributed by atoms with Gasteiger partial charge >= 0.3 is 0 Å². The Labute approximate surface area is 157 Å². The summed E-state index contributed by atoms with van der Waals surface area (Å²) in [5.74, 6) is 3.75. The molecule has 3 fully saturated rings. The van der Waals surface area contributed by atoms with E-state index in [9.17, 15) is 4.79 Å². The fourth-order valence-electron chi connectivity index (χ4n) is 7.27. The van der Waals surface area contributed by atoms with Crippen LogP contribution in [0, 0.1) is 28.6 Å². The quantitative estimate of drug-likeness (QED) is 0.633. The number of rotatable bonds is 2. The lowest BCUT2D eigenvalue weighted by molar-refractivity contribution is -0.111. The van der Waals surface area contributed by atoms with E-state index >= 15 is 0 Å². The molecule has 0 unspecified atom stereocenters. The lowest BCUT2D eigenvalue weighted by Crippen LogP contribution is -2.50. The van der Waals surface area contributed by atoms with Crippen LogP contribution in [-0.4, -0.2) is 11.9 Å². The fraction of sp³-hybridized carbons (Fsp3) is 0.708. The molecule has 26 heavy (non-hydrogen) atoms. The van der Waals surface area contributed by atoms with E-state index in [1.54, 1.807) is 0 Å². The lowest BCUT2D eigenvalue weighted by atomic mass is 9.48. The van der Waals surface area contributed by atoms with E-state index in [4.69, 9.17) is 4.74 Å². The second-order valence-electron chi connectivity index (χ2n) is 9.89. The lowest BCUT2D eigenvalue weighted by Gasteiger charge is -2.56. The van der Waals surface area contributed by atoms with Gasteiger partial charge in [-0.25, -0.2) is 0 Å². The standard InChI is InChI=1S/C24H32O2/c1-23-13-11-17(25)15-16(23)7-8-19-20-9-10-22(26-18-5-3-4-6-18)24(20,2)14-12-21(19)23/h5,11,13,15,19-22H,3-4,6-10,12,14H2,1-2H3/t19-,20-,21-,22-,23+,24+/m0/s1. The second-order valence-corrected chi connectivity index (χ2v) is 9.89. The maximum Gasteiger partial charge on any atom is 0.178 e. The van der Waals surface area contributed by atoms with Gasteiger partial charge in [0.05, 0.1) is 5.76 Å². The molecule has 6 atom stereocenters. The molecule has 3 saturated carbocycles. The van der Waals surface area contributed by atoms with Crippen molar-refractivity contribution in [1.82, 2.24) is 0 Å². The van der Waals surface area contributed by atoms with Crippen molar-refractivity contribution in [2.75, 3.05) is 0 Å². The molecule has 2 heteroatoms. The molecule has 0 heterocycles. The molecule has 0 amide bonds. The summed E-state index contributed by atoms with van der Waals surface area (Å²) in [6.45, 7) is 4.92. The predicted molar refractivity (Wildman–Crippen MR) is 103 cm³/mol. The summed E-state index contributed by atoms with van der Waals surface area (Å²) in [6.07, 6.45) is 19.9. The van der Waals surface area contributed by atoms with Crippen molar-refractivity contribution in [2.24, 2.45) is 28.6 Å². The van der Waals surface area contributed by atoms with Crippen LogP contribution in [0.4, 0.5) is 0 Å². The first kappa shape index (κ1) is 16.8. The Balaban J connectivity index is 1.40. The Hall–Kier alpha value is -1.31. The van der Waals surface area contributed by atoms with Gasteiger partial charge in [-0.05, 0) is 87.3 Å². The van der Waals surface area contributed by atoms with E-state index in [0.29, 0.717) is 17.4 Å². The van der Waals surface area contributed by atoms with E-state index in [0.717, 1.165) is 24.7 Å². The minimum absolute atomic E-state index is 0.116. The summed E-state index contributed by atoms with van der Waals surface area (Å²) in [5, 5.41) is 0. The van der Waals surface area contributed by atoms with Crippen molar-refractivity contribution in [3.05, 3.63) is 35.6 Å². The topological polar surface area (TPSA) is 26.3 Å². The van der Waals surface area contributed by atoms with E-state index in [2.05, 4.69) is 26.0 Å². The van der Waals surface area contributed by atoms with Crippen LogP contribution in [0.25, 0.3) is 0 Å². The van der Waals surface area contributed by atoms with Crippen LogP contribution in [0.15, 0.2) is 35.6 Å². The summed E-state index contributed by atoms with van der Waals surface area (Å²) in [7, 11) is 0. The highest BCUT2D eigenvalue weighted by molar-refractivity contribution is 6.01. The molecule has 0 spiro atoms. The average Bonchev–Trinajstić information content (AvgIpc) is 3.24. The molecule has 0 aromatic rings. The Kier molecular flexibility index (Phi) is 3.78. The summed E-state index contributed by atoms with van der Waals surface area (Å²) >= 11 is 0. The number of hydrogen-bond acceptors (Lipinski definition) is 2. The molecule has 0 bridgehead atoms. The highest BCUT2D eigenvalue weighted by Gasteiger charge is 2.59. The summed E-state index contributed by atoms with van der Waals surface area (Å²) < 4.78 is 6.56. The van der Waals surface area contributed by atoms with E-state index in [1.807, 2.05) is 12.2 Å². The predicted octanol–water partition coefficient (Wildman–Crippen LogP) is 5.75. The Morgan fingerprint density at radius 3 is 2.77 bits per heavy atom. The minimum Gasteiger partial charge on any atom is -0.495 e. The van der Waals surface area contributed by atoms with E-state index < -0.39 is 0 Å². The number of carbonyl (C=O) groups is 1. The zero-order chi connectivity index (χ0) is 17.9. The number of ether oxygens (including phenoxy) is 1. The van der Waals surface area contributed by atoms with Crippen molar-refractivity contribution in [1.29, 1.82) is 0 Å². The van der Waals surface area contributed by atoms with Crippen LogP contribution in [0.1, 0.15) is 71.6 Å². The third kappa shape index (κ3) is 2.33. The molecule has 140 valence electrons. The van der Waals surface area contributed by atoms with Crippen molar-refractivity contribution in [3.8, 4) is 0 Å². The molecule has 5 rings (SSSR count). The molecule has 0 N–H and O–H groups in total. The van der Waals surface area contributed by atoms with Crippen LogP contribution in [0.5, 0.6) is 0 Å². The van der Waals surface area contributed by atoms with Crippen LogP contribution >= 0.6 is 0 Å². The smallest absolute Gasteiger partial charge is 0.178 e. The van der Waals surface area contributed by atoms with Crippen molar-refractivity contribution < 1.29 is 9.53 Å². The summed E-state index contributed by atoms with van der Waals surface area (Å²) in [5.41, 5.74) is 1.86. The number of hydrogen-bond donors (Lipinski definition) is 0. The van der Waals surface area contributed by atoms with Gasteiger partial charge in [-0.2, -0.15) is 0 Å². The first-order valence-electron chi connectivity index (χ1n) is 10.8. The molecule has 0 aromatic heterocycles. The monoisotopic (exact) mass is 352 g/mol. The van der Waals surface area contributed by atoms with E-state index in [-0.39, 0.29) is 11.2 Å². The third-order valence-electron chi connectivity index (χ3n) is 8.76. The van der Waals surface area contributed by atoms with Crippen LogP contribution in [-0.2, 0) is 9.53 Å². The molecular weight excluding hydrogens is 320 g/mol. The first-order valence-corrected chi connectivity index (χ1v) is 10.8. The maximum atomic E-state index is 11.9. The number of allylic oxidation sites excluding steroid dienone is 6. The average molecular weight is 353 g/mol. The summed E-state index contributed by atoms with van der Waals surface area (Å²) in [4.78, 5) is 11.9. The van der Waals surface area contributed by atoms with Crippen LogP contribution in [0.2, 0.25) is 0 Å². The highest BCUT2D eigenvalue weighted by Crippen LogP contribution is 2.65. The van der Waals surface area contributed by atoms with Gasteiger partial charge in [0, 0.05) is 17.3 Å². The van der Waals surface area contributed by atoms with Crippen molar-refractivity contribution >= 4 is 5.78 Å². The number of ketones is 1. The molecule has 0 aliphatic heterocycles. The normalized spacial score (nSPS) is 46.9. The molecule has 5 aliphatic rings. The number of fused-ring (bicyclic) bond motifs is 5. The third-order valence-corrected chi connectivity index (χ3v) is 8.76. The largest absolute Gasteiger partial charge is 0.495 e. The highest BCUT2D eigenvalue weighted by atomic mass is 16.5. The van der Waals surface area contributed by atoms with E-state index in [1.165, 1.54) is 56.3 Å².